The molecule has 122 valence electrons. The van der Waals surface area contributed by atoms with E-state index in [4.69, 9.17) is 9.47 Å². The average Bonchev–Trinajstić information content (AvgIpc) is 2.62. The summed E-state index contributed by atoms with van der Waals surface area (Å²) in [6, 6.07) is 6.52. The SMILES string of the molecule is CCc1cccc[n+]1C(C)(C1CCCCO1)C1CCCCO1. The molecule has 2 aliphatic rings. The number of rotatable bonds is 4. The molecule has 0 radical (unpaired) electrons. The summed E-state index contributed by atoms with van der Waals surface area (Å²) in [6.07, 6.45) is 11.0. The highest BCUT2D eigenvalue weighted by molar-refractivity contribution is 5.00. The van der Waals surface area contributed by atoms with Crippen LogP contribution in [0.1, 0.15) is 58.1 Å². The van der Waals surface area contributed by atoms with Crippen molar-refractivity contribution in [1.82, 2.24) is 0 Å². The fraction of sp³-hybridized carbons (Fsp3) is 0.737. The molecule has 1 aromatic heterocycles. The van der Waals surface area contributed by atoms with Crippen LogP contribution in [0.25, 0.3) is 0 Å². The van der Waals surface area contributed by atoms with Gasteiger partial charge in [-0.1, -0.05) is 13.0 Å². The Kier molecular flexibility index (Phi) is 5.14. The number of hydrogen-bond acceptors (Lipinski definition) is 2. The summed E-state index contributed by atoms with van der Waals surface area (Å²) in [5.74, 6) is 0. The van der Waals surface area contributed by atoms with Gasteiger partial charge in [-0.25, -0.2) is 0 Å². The van der Waals surface area contributed by atoms with Crippen LogP contribution in [0.4, 0.5) is 0 Å². The van der Waals surface area contributed by atoms with E-state index in [1.807, 2.05) is 0 Å². The van der Waals surface area contributed by atoms with Crippen LogP contribution in [-0.2, 0) is 21.4 Å². The molecule has 2 unspecified atom stereocenters. The van der Waals surface area contributed by atoms with E-state index in [0.717, 1.165) is 32.5 Å². The molecular weight excluding hydrogens is 274 g/mol. The van der Waals surface area contributed by atoms with Crippen molar-refractivity contribution in [2.75, 3.05) is 13.2 Å². The maximum absolute atomic E-state index is 6.25. The number of pyridine rings is 1. The quantitative estimate of drug-likeness (QED) is 0.796. The molecule has 2 aliphatic heterocycles. The molecular formula is C19H30NO2+. The number of nitrogens with zero attached hydrogens (tertiary/aromatic N) is 1. The van der Waals surface area contributed by atoms with E-state index in [2.05, 4.69) is 42.8 Å². The van der Waals surface area contributed by atoms with Crippen molar-refractivity contribution < 1.29 is 14.0 Å². The molecule has 0 bridgehead atoms. The van der Waals surface area contributed by atoms with Crippen LogP contribution >= 0.6 is 0 Å². The van der Waals surface area contributed by atoms with Gasteiger partial charge < -0.3 is 9.47 Å². The van der Waals surface area contributed by atoms with Crippen molar-refractivity contribution in [3.05, 3.63) is 30.1 Å². The molecule has 3 nitrogen and oxygen atoms in total. The molecule has 0 N–H and O–H groups in total. The Morgan fingerprint density at radius 1 is 1.05 bits per heavy atom. The second kappa shape index (κ2) is 7.10. The summed E-state index contributed by atoms with van der Waals surface area (Å²) in [7, 11) is 0. The maximum atomic E-state index is 6.25. The van der Waals surface area contributed by atoms with Crippen molar-refractivity contribution >= 4 is 0 Å². The lowest BCUT2D eigenvalue weighted by Gasteiger charge is -2.42. The number of ether oxygens (including phenoxy) is 2. The first-order valence-electron chi connectivity index (χ1n) is 9.00. The largest absolute Gasteiger partial charge is 0.371 e. The van der Waals surface area contributed by atoms with Crippen molar-refractivity contribution in [3.8, 4) is 0 Å². The molecule has 1 aromatic rings. The van der Waals surface area contributed by atoms with E-state index < -0.39 is 0 Å². The minimum atomic E-state index is -0.104. The monoisotopic (exact) mass is 304 g/mol. The summed E-state index contributed by atoms with van der Waals surface area (Å²) >= 11 is 0. The smallest absolute Gasteiger partial charge is 0.216 e. The molecule has 3 heterocycles. The van der Waals surface area contributed by atoms with E-state index in [1.165, 1.54) is 31.4 Å². The van der Waals surface area contributed by atoms with Gasteiger partial charge in [0.2, 0.25) is 5.54 Å². The molecule has 0 saturated carbocycles. The predicted octanol–water partition coefficient (Wildman–Crippen LogP) is 3.39. The molecule has 0 spiro atoms. The van der Waals surface area contributed by atoms with E-state index in [-0.39, 0.29) is 17.7 Å². The Balaban J connectivity index is 2.00. The molecule has 0 aromatic carbocycles. The van der Waals surface area contributed by atoms with Crippen LogP contribution in [0.15, 0.2) is 24.4 Å². The third-order valence-electron chi connectivity index (χ3n) is 5.49. The third-order valence-corrected chi connectivity index (χ3v) is 5.49. The molecule has 2 fully saturated rings. The van der Waals surface area contributed by atoms with Crippen molar-refractivity contribution in [3.63, 3.8) is 0 Å². The summed E-state index contributed by atoms with van der Waals surface area (Å²) in [4.78, 5) is 0. The molecule has 0 aliphatic carbocycles. The highest BCUT2D eigenvalue weighted by Gasteiger charge is 2.52. The third kappa shape index (κ3) is 2.93. The lowest BCUT2D eigenvalue weighted by atomic mass is 9.80. The van der Waals surface area contributed by atoms with Gasteiger partial charge in [0.25, 0.3) is 0 Å². The normalized spacial score (nSPS) is 29.0. The van der Waals surface area contributed by atoms with Gasteiger partial charge in [-0.3, -0.25) is 0 Å². The van der Waals surface area contributed by atoms with Gasteiger partial charge in [0.15, 0.2) is 11.9 Å². The molecule has 3 rings (SSSR count). The molecule has 0 amide bonds. The lowest BCUT2D eigenvalue weighted by Crippen LogP contribution is -2.70. The van der Waals surface area contributed by atoms with Gasteiger partial charge in [0, 0.05) is 38.7 Å². The number of aromatic nitrogens is 1. The summed E-state index contributed by atoms with van der Waals surface area (Å²) in [5.41, 5.74) is 1.27. The predicted molar refractivity (Wildman–Crippen MR) is 86.8 cm³/mol. The lowest BCUT2D eigenvalue weighted by molar-refractivity contribution is -0.785. The standard InChI is InChI=1S/C19H30NO2/c1-3-16-10-4-7-13-20(16)19(2,17-11-5-8-14-21-17)18-12-6-9-15-22-18/h4,7,10,13,17-18H,3,5-6,8-9,11-12,14-15H2,1-2H3/q+1. The summed E-state index contributed by atoms with van der Waals surface area (Å²) in [6.45, 7) is 6.37. The zero-order valence-corrected chi connectivity index (χ0v) is 14.1. The van der Waals surface area contributed by atoms with Gasteiger partial charge in [0.1, 0.15) is 12.2 Å². The van der Waals surface area contributed by atoms with Gasteiger partial charge in [0.05, 0.1) is 0 Å². The number of aryl methyl sites for hydroxylation is 1. The van der Waals surface area contributed by atoms with Crippen LogP contribution in [0.2, 0.25) is 0 Å². The first kappa shape index (κ1) is 15.9. The van der Waals surface area contributed by atoms with E-state index in [1.54, 1.807) is 0 Å². The van der Waals surface area contributed by atoms with Gasteiger partial charge in [-0.2, -0.15) is 4.57 Å². The van der Waals surface area contributed by atoms with Crippen LogP contribution in [-0.4, -0.2) is 25.4 Å². The fourth-order valence-corrected chi connectivity index (χ4v) is 4.16. The Morgan fingerprint density at radius 3 is 2.18 bits per heavy atom. The second-order valence-electron chi connectivity index (χ2n) is 6.85. The number of hydrogen-bond donors (Lipinski definition) is 0. The fourth-order valence-electron chi connectivity index (χ4n) is 4.16. The van der Waals surface area contributed by atoms with Crippen LogP contribution in [0, 0.1) is 0 Å². The van der Waals surface area contributed by atoms with Gasteiger partial charge in [-0.05, 0) is 38.5 Å². The molecule has 2 atom stereocenters. The van der Waals surface area contributed by atoms with E-state index >= 15 is 0 Å². The topological polar surface area (TPSA) is 22.3 Å². The first-order chi connectivity index (χ1) is 10.8. The maximum Gasteiger partial charge on any atom is 0.216 e. The van der Waals surface area contributed by atoms with Crippen LogP contribution in [0.3, 0.4) is 0 Å². The van der Waals surface area contributed by atoms with Gasteiger partial charge >= 0.3 is 0 Å². The van der Waals surface area contributed by atoms with Crippen molar-refractivity contribution in [2.45, 2.75) is 76.5 Å². The molecule has 2 saturated heterocycles. The summed E-state index contributed by atoms with van der Waals surface area (Å²) in [5, 5.41) is 0. The Hall–Kier alpha value is -0.930. The van der Waals surface area contributed by atoms with Crippen LogP contribution in [0.5, 0.6) is 0 Å². The Morgan fingerprint density at radius 2 is 1.68 bits per heavy atom. The van der Waals surface area contributed by atoms with Crippen LogP contribution < -0.4 is 4.57 Å². The van der Waals surface area contributed by atoms with Gasteiger partial charge in [-0.15, -0.1) is 0 Å². The second-order valence-corrected chi connectivity index (χ2v) is 6.85. The highest BCUT2D eigenvalue weighted by Crippen LogP contribution is 2.34. The minimum Gasteiger partial charge on any atom is -0.371 e. The zero-order valence-electron chi connectivity index (χ0n) is 14.1. The minimum absolute atomic E-state index is 0.104. The molecule has 3 heteroatoms. The average molecular weight is 304 g/mol. The summed E-state index contributed by atoms with van der Waals surface area (Å²) < 4.78 is 15.0. The Bertz CT molecular complexity index is 458. The Labute approximate surface area is 134 Å². The molecule has 22 heavy (non-hydrogen) atoms. The highest BCUT2D eigenvalue weighted by atomic mass is 16.5. The van der Waals surface area contributed by atoms with E-state index in [9.17, 15) is 0 Å². The van der Waals surface area contributed by atoms with Crippen molar-refractivity contribution in [1.29, 1.82) is 0 Å². The van der Waals surface area contributed by atoms with E-state index in [0.29, 0.717) is 0 Å². The zero-order chi connectivity index (χ0) is 15.4. The first-order valence-corrected chi connectivity index (χ1v) is 9.00. The van der Waals surface area contributed by atoms with Crippen molar-refractivity contribution in [2.24, 2.45) is 0 Å².